The van der Waals surface area contributed by atoms with Gasteiger partial charge in [-0.15, -0.1) is 0 Å². The third-order valence-electron chi connectivity index (χ3n) is 3.74. The first kappa shape index (κ1) is 17.7. The maximum absolute atomic E-state index is 11.5. The summed E-state index contributed by atoms with van der Waals surface area (Å²) in [6.07, 6.45) is 5.30. The number of aryl methyl sites for hydroxylation is 1. The van der Waals surface area contributed by atoms with Crippen LogP contribution in [0.1, 0.15) is 41.9 Å². The topological polar surface area (TPSA) is 59.4 Å². The minimum atomic E-state index is -1.07. The van der Waals surface area contributed by atoms with E-state index in [1.165, 1.54) is 7.11 Å². The van der Waals surface area contributed by atoms with Gasteiger partial charge in [0.1, 0.15) is 0 Å². The first-order chi connectivity index (χ1) is 11.4. The maximum atomic E-state index is 11.5. The number of allylic oxidation sites excluding steroid dienone is 1. The van der Waals surface area contributed by atoms with Crippen molar-refractivity contribution in [2.45, 2.75) is 27.2 Å². The molecule has 0 aliphatic heterocycles. The van der Waals surface area contributed by atoms with E-state index in [0.717, 1.165) is 23.1 Å². The Hall–Kier alpha value is -2.62. The van der Waals surface area contributed by atoms with Crippen LogP contribution >= 0.6 is 0 Å². The van der Waals surface area contributed by atoms with Crippen molar-refractivity contribution in [1.82, 2.24) is 4.98 Å². The van der Waals surface area contributed by atoms with Gasteiger partial charge in [-0.05, 0) is 42.0 Å². The van der Waals surface area contributed by atoms with Crippen LogP contribution in [-0.4, -0.2) is 23.2 Å². The molecule has 0 aliphatic carbocycles. The van der Waals surface area contributed by atoms with E-state index in [1.807, 2.05) is 19.1 Å². The highest BCUT2D eigenvalue weighted by atomic mass is 16.5. The molecule has 0 aliphatic rings. The van der Waals surface area contributed by atoms with Crippen molar-refractivity contribution < 1.29 is 14.6 Å². The molecule has 0 unspecified atom stereocenters. The summed E-state index contributed by atoms with van der Waals surface area (Å²) >= 11 is 0. The molecule has 0 amide bonds. The number of nitrogens with zero attached hydrogens (tertiary/aromatic N) is 1. The molecule has 4 heteroatoms. The third-order valence-corrected chi connectivity index (χ3v) is 3.74. The van der Waals surface area contributed by atoms with Crippen molar-refractivity contribution in [1.29, 1.82) is 0 Å². The van der Waals surface area contributed by atoms with Crippen LogP contribution in [0.15, 0.2) is 36.4 Å². The van der Waals surface area contributed by atoms with Crippen molar-refractivity contribution in [3.8, 4) is 17.0 Å². The first-order valence-corrected chi connectivity index (χ1v) is 7.98. The third kappa shape index (κ3) is 4.22. The summed E-state index contributed by atoms with van der Waals surface area (Å²) in [7, 11) is 1.47. The van der Waals surface area contributed by atoms with E-state index in [0.29, 0.717) is 17.4 Å². The number of benzene rings is 1. The SMILES string of the molecule is COc1ccc(-c2ccc(/C=C/CC(C)C)cc2C)c(C(=O)O)n1. The molecule has 1 heterocycles. The summed E-state index contributed by atoms with van der Waals surface area (Å²) in [5.41, 5.74) is 3.58. The minimum absolute atomic E-state index is 0.000509. The zero-order valence-electron chi connectivity index (χ0n) is 14.5. The molecule has 2 rings (SSSR count). The molecule has 0 radical (unpaired) electrons. The lowest BCUT2D eigenvalue weighted by atomic mass is 9.96. The van der Waals surface area contributed by atoms with Crippen LogP contribution in [0.3, 0.4) is 0 Å². The number of carbonyl (C=O) groups is 1. The average Bonchev–Trinajstić information content (AvgIpc) is 2.54. The van der Waals surface area contributed by atoms with Crippen LogP contribution in [0, 0.1) is 12.8 Å². The standard InChI is InChI=1S/C20H23NO3/c1-13(2)6-5-7-15-8-9-16(14(3)12-15)17-10-11-18(24-4)21-19(17)20(22)23/h5,7-13H,6H2,1-4H3,(H,22,23)/b7-5+. The molecule has 4 nitrogen and oxygen atoms in total. The molecule has 0 saturated carbocycles. The summed E-state index contributed by atoms with van der Waals surface area (Å²) in [6.45, 7) is 6.34. The second kappa shape index (κ2) is 7.77. The van der Waals surface area contributed by atoms with Gasteiger partial charge in [-0.3, -0.25) is 0 Å². The van der Waals surface area contributed by atoms with Gasteiger partial charge in [0.15, 0.2) is 5.69 Å². The summed E-state index contributed by atoms with van der Waals surface area (Å²) in [6, 6.07) is 9.42. The van der Waals surface area contributed by atoms with Crippen LogP contribution < -0.4 is 4.74 Å². The minimum Gasteiger partial charge on any atom is -0.481 e. The Morgan fingerprint density at radius 2 is 1.96 bits per heavy atom. The van der Waals surface area contributed by atoms with Crippen molar-refractivity contribution in [3.05, 3.63) is 53.2 Å². The number of methoxy groups -OCH3 is 1. The number of hydrogen-bond donors (Lipinski definition) is 1. The quantitative estimate of drug-likeness (QED) is 0.827. The molecular weight excluding hydrogens is 302 g/mol. The molecule has 0 saturated heterocycles. The van der Waals surface area contributed by atoms with Gasteiger partial charge in [0.2, 0.25) is 5.88 Å². The molecular formula is C20H23NO3. The fourth-order valence-corrected chi connectivity index (χ4v) is 2.50. The summed E-state index contributed by atoms with van der Waals surface area (Å²) in [4.78, 5) is 15.6. The van der Waals surface area contributed by atoms with Crippen LogP contribution in [-0.2, 0) is 0 Å². The van der Waals surface area contributed by atoms with Gasteiger partial charge < -0.3 is 9.84 Å². The van der Waals surface area contributed by atoms with Crippen LogP contribution in [0.2, 0.25) is 0 Å². The van der Waals surface area contributed by atoms with Gasteiger partial charge in [-0.1, -0.05) is 44.2 Å². The Morgan fingerprint density at radius 3 is 2.54 bits per heavy atom. The molecule has 24 heavy (non-hydrogen) atoms. The Morgan fingerprint density at radius 1 is 1.25 bits per heavy atom. The molecule has 0 atom stereocenters. The van der Waals surface area contributed by atoms with Gasteiger partial charge in [0.25, 0.3) is 0 Å². The summed E-state index contributed by atoms with van der Waals surface area (Å²) in [5.74, 6) is -0.142. The van der Waals surface area contributed by atoms with Gasteiger partial charge in [0.05, 0.1) is 7.11 Å². The largest absolute Gasteiger partial charge is 0.481 e. The van der Waals surface area contributed by atoms with Crippen LogP contribution in [0.25, 0.3) is 17.2 Å². The predicted octanol–water partition coefficient (Wildman–Crippen LogP) is 4.82. The molecule has 0 fully saturated rings. The van der Waals surface area contributed by atoms with Crippen molar-refractivity contribution >= 4 is 12.0 Å². The van der Waals surface area contributed by atoms with Gasteiger partial charge in [0, 0.05) is 11.6 Å². The first-order valence-electron chi connectivity index (χ1n) is 7.98. The number of carboxylic acids is 1. The molecule has 126 valence electrons. The lowest BCUT2D eigenvalue weighted by Gasteiger charge is -2.11. The fourth-order valence-electron chi connectivity index (χ4n) is 2.50. The molecule has 1 N–H and O–H groups in total. The van der Waals surface area contributed by atoms with E-state index >= 15 is 0 Å². The lowest BCUT2D eigenvalue weighted by Crippen LogP contribution is -2.05. The smallest absolute Gasteiger partial charge is 0.355 e. The zero-order chi connectivity index (χ0) is 17.7. The number of aromatic carboxylic acids is 1. The van der Waals surface area contributed by atoms with Crippen LogP contribution in [0.5, 0.6) is 5.88 Å². The number of ether oxygens (including phenoxy) is 1. The Labute approximate surface area is 142 Å². The highest BCUT2D eigenvalue weighted by Crippen LogP contribution is 2.29. The summed E-state index contributed by atoms with van der Waals surface area (Å²) < 4.78 is 5.03. The monoisotopic (exact) mass is 325 g/mol. The molecule has 2 aromatic rings. The van der Waals surface area contributed by atoms with Gasteiger partial charge in [-0.2, -0.15) is 0 Å². The number of rotatable bonds is 6. The van der Waals surface area contributed by atoms with E-state index in [1.54, 1.807) is 12.1 Å². The van der Waals surface area contributed by atoms with Crippen molar-refractivity contribution in [2.24, 2.45) is 5.92 Å². The highest BCUT2D eigenvalue weighted by Gasteiger charge is 2.16. The van der Waals surface area contributed by atoms with Gasteiger partial charge >= 0.3 is 5.97 Å². The second-order valence-electron chi connectivity index (χ2n) is 6.16. The molecule has 1 aromatic heterocycles. The molecule has 1 aromatic carbocycles. The van der Waals surface area contributed by atoms with Crippen LogP contribution in [0.4, 0.5) is 0 Å². The highest BCUT2D eigenvalue weighted by molar-refractivity contribution is 5.94. The van der Waals surface area contributed by atoms with E-state index in [2.05, 4.69) is 37.0 Å². The zero-order valence-corrected chi connectivity index (χ0v) is 14.5. The number of pyridine rings is 1. The number of carboxylic acid groups (broad SMARTS) is 1. The maximum Gasteiger partial charge on any atom is 0.355 e. The van der Waals surface area contributed by atoms with E-state index in [9.17, 15) is 9.90 Å². The van der Waals surface area contributed by atoms with Crippen molar-refractivity contribution in [3.63, 3.8) is 0 Å². The number of hydrogen-bond acceptors (Lipinski definition) is 3. The Balaban J connectivity index is 2.39. The Kier molecular flexibility index (Phi) is 5.74. The Bertz CT molecular complexity index is 763. The predicted molar refractivity (Wildman–Crippen MR) is 96.4 cm³/mol. The van der Waals surface area contributed by atoms with Crippen molar-refractivity contribution in [2.75, 3.05) is 7.11 Å². The van der Waals surface area contributed by atoms with E-state index < -0.39 is 5.97 Å². The average molecular weight is 325 g/mol. The van der Waals surface area contributed by atoms with E-state index in [4.69, 9.17) is 4.74 Å². The van der Waals surface area contributed by atoms with Gasteiger partial charge in [-0.25, -0.2) is 9.78 Å². The fraction of sp³-hybridized carbons (Fsp3) is 0.300. The number of aromatic nitrogens is 1. The molecule has 0 spiro atoms. The lowest BCUT2D eigenvalue weighted by molar-refractivity contribution is 0.0690. The normalized spacial score (nSPS) is 11.2. The molecule has 0 bridgehead atoms. The summed E-state index contributed by atoms with van der Waals surface area (Å²) in [5, 5.41) is 9.43. The second-order valence-corrected chi connectivity index (χ2v) is 6.16. The van der Waals surface area contributed by atoms with E-state index in [-0.39, 0.29) is 5.69 Å².